The molecule has 0 aliphatic rings. The topological polar surface area (TPSA) is 0 Å². The van der Waals surface area contributed by atoms with Crippen LogP contribution < -0.4 is 0 Å². The molecule has 0 bridgehead atoms. The third-order valence-electron chi connectivity index (χ3n) is 7.26. The first-order valence-corrected chi connectivity index (χ1v) is 16.2. The molecular formula is C31H64S. The molecule has 0 atom stereocenters. The van der Waals surface area contributed by atoms with E-state index >= 15 is 0 Å². The number of unbranched alkanes of at least 4 members (excludes halogenated alkanes) is 28. The summed E-state index contributed by atoms with van der Waals surface area (Å²) in [5.41, 5.74) is 0. The van der Waals surface area contributed by atoms with E-state index in [9.17, 15) is 0 Å². The molecule has 0 rings (SSSR count). The van der Waals surface area contributed by atoms with Crippen molar-refractivity contribution < 1.29 is 0 Å². The molecule has 0 amide bonds. The zero-order valence-electron chi connectivity index (χ0n) is 22.7. The molecule has 0 unspecified atom stereocenters. The van der Waals surface area contributed by atoms with Crippen molar-refractivity contribution in [2.45, 2.75) is 193 Å². The van der Waals surface area contributed by atoms with Crippen LogP contribution >= 0.6 is 12.6 Å². The largest absolute Gasteiger partial charge is 0.179 e. The third-order valence-corrected chi connectivity index (χ3v) is 7.58. The molecule has 0 heterocycles. The van der Waals surface area contributed by atoms with Gasteiger partial charge in [0.15, 0.2) is 0 Å². The van der Waals surface area contributed by atoms with E-state index in [0.29, 0.717) is 0 Å². The summed E-state index contributed by atoms with van der Waals surface area (Å²) in [5, 5.41) is 0. The minimum absolute atomic E-state index is 1.07. The number of thiol groups is 1. The Morgan fingerprint density at radius 3 is 0.562 bits per heavy atom. The van der Waals surface area contributed by atoms with Gasteiger partial charge in [-0.25, -0.2) is 0 Å². The van der Waals surface area contributed by atoms with E-state index in [2.05, 4.69) is 19.6 Å². The van der Waals surface area contributed by atoms with E-state index in [1.165, 1.54) is 186 Å². The molecule has 0 spiro atoms. The lowest BCUT2D eigenvalue weighted by atomic mass is 10.0. The van der Waals surface area contributed by atoms with Gasteiger partial charge in [0, 0.05) is 0 Å². The van der Waals surface area contributed by atoms with E-state index < -0.39 is 0 Å². The van der Waals surface area contributed by atoms with Crippen molar-refractivity contribution >= 4 is 12.6 Å². The second-order valence-electron chi connectivity index (χ2n) is 10.6. The van der Waals surface area contributed by atoms with Crippen molar-refractivity contribution in [2.75, 3.05) is 5.75 Å². The van der Waals surface area contributed by atoms with Crippen molar-refractivity contribution in [3.8, 4) is 0 Å². The zero-order chi connectivity index (χ0) is 23.2. The van der Waals surface area contributed by atoms with E-state index in [0.717, 1.165) is 5.75 Å². The van der Waals surface area contributed by atoms with Gasteiger partial charge in [-0.05, 0) is 12.2 Å². The smallest absolute Gasteiger partial charge is 0.00979 e. The van der Waals surface area contributed by atoms with Crippen molar-refractivity contribution in [2.24, 2.45) is 0 Å². The summed E-state index contributed by atoms with van der Waals surface area (Å²) in [6.45, 7) is 2.31. The predicted molar refractivity (Wildman–Crippen MR) is 153 cm³/mol. The van der Waals surface area contributed by atoms with Gasteiger partial charge in [0.2, 0.25) is 0 Å². The molecule has 0 aromatic heterocycles. The fourth-order valence-electron chi connectivity index (χ4n) is 4.96. The lowest BCUT2D eigenvalue weighted by Gasteiger charge is -2.04. The molecule has 0 aliphatic carbocycles. The lowest BCUT2D eigenvalue weighted by molar-refractivity contribution is 0.514. The monoisotopic (exact) mass is 468 g/mol. The Kier molecular flexibility index (Phi) is 31.7. The predicted octanol–water partition coefficient (Wildman–Crippen LogP) is 12.2. The SMILES string of the molecule is CCCCCCCCCCCCCCCCCCCCCCCCCCCCCCCS. The van der Waals surface area contributed by atoms with E-state index in [1.54, 1.807) is 0 Å². The summed E-state index contributed by atoms with van der Waals surface area (Å²) in [4.78, 5) is 0. The van der Waals surface area contributed by atoms with Crippen LogP contribution in [0.15, 0.2) is 0 Å². The summed E-state index contributed by atoms with van der Waals surface area (Å²) in [6, 6.07) is 0. The molecule has 0 saturated carbocycles. The Morgan fingerprint density at radius 1 is 0.250 bits per heavy atom. The summed E-state index contributed by atoms with van der Waals surface area (Å²) in [6.07, 6.45) is 42.6. The fourth-order valence-corrected chi connectivity index (χ4v) is 5.18. The highest BCUT2D eigenvalue weighted by atomic mass is 32.1. The quantitative estimate of drug-likeness (QED) is 0.0818. The van der Waals surface area contributed by atoms with Gasteiger partial charge in [0.05, 0.1) is 0 Å². The van der Waals surface area contributed by atoms with Crippen LogP contribution in [0.4, 0.5) is 0 Å². The van der Waals surface area contributed by atoms with Crippen LogP contribution in [0.2, 0.25) is 0 Å². The van der Waals surface area contributed by atoms with Gasteiger partial charge in [0.25, 0.3) is 0 Å². The Bertz CT molecular complexity index is 271. The Morgan fingerprint density at radius 2 is 0.406 bits per heavy atom. The highest BCUT2D eigenvalue weighted by Crippen LogP contribution is 2.16. The first kappa shape index (κ1) is 32.4. The van der Waals surface area contributed by atoms with Crippen LogP contribution in [-0.2, 0) is 0 Å². The summed E-state index contributed by atoms with van der Waals surface area (Å²) in [7, 11) is 0. The maximum Gasteiger partial charge on any atom is -0.00979 e. The van der Waals surface area contributed by atoms with E-state index in [4.69, 9.17) is 0 Å². The zero-order valence-corrected chi connectivity index (χ0v) is 23.6. The first-order chi connectivity index (χ1) is 15.9. The molecule has 0 saturated heterocycles. The maximum absolute atomic E-state index is 4.28. The van der Waals surface area contributed by atoms with Crippen molar-refractivity contribution in [1.82, 2.24) is 0 Å². The second kappa shape index (κ2) is 31.4. The summed E-state index contributed by atoms with van der Waals surface area (Å²) < 4.78 is 0. The average Bonchev–Trinajstić information content (AvgIpc) is 2.81. The molecule has 0 aromatic carbocycles. The van der Waals surface area contributed by atoms with Gasteiger partial charge >= 0.3 is 0 Å². The van der Waals surface area contributed by atoms with Crippen LogP contribution in [0.1, 0.15) is 193 Å². The normalized spacial score (nSPS) is 11.4. The molecule has 194 valence electrons. The average molecular weight is 469 g/mol. The second-order valence-corrected chi connectivity index (χ2v) is 11.1. The van der Waals surface area contributed by atoms with Crippen LogP contribution in [0.5, 0.6) is 0 Å². The Balaban J connectivity index is 2.98. The van der Waals surface area contributed by atoms with Gasteiger partial charge in [-0.1, -0.05) is 187 Å². The van der Waals surface area contributed by atoms with Crippen LogP contribution in [0, 0.1) is 0 Å². The van der Waals surface area contributed by atoms with E-state index in [1.807, 2.05) is 0 Å². The van der Waals surface area contributed by atoms with Crippen molar-refractivity contribution in [3.05, 3.63) is 0 Å². The van der Waals surface area contributed by atoms with Crippen molar-refractivity contribution in [1.29, 1.82) is 0 Å². The number of hydrogen-bond donors (Lipinski definition) is 1. The third kappa shape index (κ3) is 30.4. The van der Waals surface area contributed by atoms with Crippen LogP contribution in [0.3, 0.4) is 0 Å². The molecule has 32 heavy (non-hydrogen) atoms. The number of hydrogen-bond acceptors (Lipinski definition) is 1. The molecule has 0 nitrogen and oxygen atoms in total. The van der Waals surface area contributed by atoms with E-state index in [-0.39, 0.29) is 0 Å². The molecule has 0 radical (unpaired) electrons. The Labute approximate surface area is 211 Å². The minimum Gasteiger partial charge on any atom is -0.179 e. The summed E-state index contributed by atoms with van der Waals surface area (Å²) >= 11 is 4.28. The van der Waals surface area contributed by atoms with Gasteiger partial charge in [-0.3, -0.25) is 0 Å². The highest BCUT2D eigenvalue weighted by molar-refractivity contribution is 7.80. The highest BCUT2D eigenvalue weighted by Gasteiger charge is 1.96. The molecular weight excluding hydrogens is 404 g/mol. The number of rotatable bonds is 29. The fraction of sp³-hybridized carbons (Fsp3) is 1.00. The summed E-state index contributed by atoms with van der Waals surface area (Å²) in [5.74, 6) is 1.07. The minimum atomic E-state index is 1.07. The van der Waals surface area contributed by atoms with Gasteiger partial charge in [-0.15, -0.1) is 0 Å². The maximum atomic E-state index is 4.28. The van der Waals surface area contributed by atoms with Gasteiger partial charge in [-0.2, -0.15) is 12.6 Å². The Hall–Kier alpha value is 0.350. The van der Waals surface area contributed by atoms with Gasteiger partial charge in [0.1, 0.15) is 0 Å². The lowest BCUT2D eigenvalue weighted by Crippen LogP contribution is -1.85. The van der Waals surface area contributed by atoms with Gasteiger partial charge < -0.3 is 0 Å². The van der Waals surface area contributed by atoms with Crippen molar-refractivity contribution in [3.63, 3.8) is 0 Å². The van der Waals surface area contributed by atoms with Crippen LogP contribution in [0.25, 0.3) is 0 Å². The molecule has 0 aromatic rings. The molecule has 0 aliphatic heterocycles. The van der Waals surface area contributed by atoms with Crippen LogP contribution in [-0.4, -0.2) is 5.75 Å². The molecule has 0 fully saturated rings. The molecule has 0 N–H and O–H groups in total. The molecule has 1 heteroatoms. The first-order valence-electron chi connectivity index (χ1n) is 15.5. The standard InChI is InChI=1S/C31H64S/c1-2-3-4-5-6-7-8-9-10-11-12-13-14-15-16-17-18-19-20-21-22-23-24-25-26-27-28-29-30-31-32/h32H,2-31H2,1H3.